The van der Waals surface area contributed by atoms with Crippen molar-refractivity contribution in [1.29, 1.82) is 0 Å². The summed E-state index contributed by atoms with van der Waals surface area (Å²) in [6.45, 7) is 5.00. The molecule has 1 aliphatic heterocycles. The van der Waals surface area contributed by atoms with E-state index in [0.29, 0.717) is 23.8 Å². The Kier molecular flexibility index (Phi) is 6.51. The van der Waals surface area contributed by atoms with Crippen molar-refractivity contribution in [3.63, 3.8) is 0 Å². The molecule has 2 unspecified atom stereocenters. The number of anilines is 1. The molecule has 1 heterocycles. The van der Waals surface area contributed by atoms with E-state index >= 15 is 0 Å². The van der Waals surface area contributed by atoms with Crippen LogP contribution in [-0.4, -0.2) is 38.8 Å². The summed E-state index contributed by atoms with van der Waals surface area (Å²) in [5.41, 5.74) is 0.754. The van der Waals surface area contributed by atoms with Crippen molar-refractivity contribution in [1.82, 2.24) is 4.31 Å². The summed E-state index contributed by atoms with van der Waals surface area (Å²) in [7, 11) is -2.38. The number of benzene rings is 2. The van der Waals surface area contributed by atoms with Crippen LogP contribution in [-0.2, 0) is 10.0 Å². The molecule has 0 aliphatic carbocycles. The summed E-state index contributed by atoms with van der Waals surface area (Å²) < 4.78 is 33.4. The van der Waals surface area contributed by atoms with Crippen LogP contribution in [0.1, 0.15) is 30.6 Å². The van der Waals surface area contributed by atoms with E-state index in [0.717, 1.165) is 6.42 Å². The van der Waals surface area contributed by atoms with E-state index in [1.807, 2.05) is 13.8 Å². The van der Waals surface area contributed by atoms with Crippen LogP contribution in [0.2, 0.25) is 5.02 Å². The predicted octanol–water partition coefficient (Wildman–Crippen LogP) is 4.27. The largest absolute Gasteiger partial charge is 0.495 e. The highest BCUT2D eigenvalue weighted by atomic mass is 35.5. The van der Waals surface area contributed by atoms with Crippen molar-refractivity contribution < 1.29 is 17.9 Å². The molecular formula is C21H25ClN2O4S. The van der Waals surface area contributed by atoms with Crippen molar-refractivity contribution >= 4 is 33.2 Å². The second-order valence-corrected chi connectivity index (χ2v) is 9.94. The normalized spacial score (nSPS) is 20.3. The highest BCUT2D eigenvalue weighted by Crippen LogP contribution is 2.32. The second kappa shape index (κ2) is 8.73. The van der Waals surface area contributed by atoms with Gasteiger partial charge < -0.3 is 10.1 Å². The van der Waals surface area contributed by atoms with Gasteiger partial charge in [0.2, 0.25) is 10.0 Å². The first-order chi connectivity index (χ1) is 13.7. The Labute approximate surface area is 176 Å². The van der Waals surface area contributed by atoms with Gasteiger partial charge in [0.15, 0.2) is 0 Å². The number of sulfonamides is 1. The monoisotopic (exact) mass is 436 g/mol. The molecule has 2 aromatic rings. The minimum atomic E-state index is -3.80. The van der Waals surface area contributed by atoms with Gasteiger partial charge in [-0.2, -0.15) is 4.31 Å². The lowest BCUT2D eigenvalue weighted by atomic mass is 9.94. The summed E-state index contributed by atoms with van der Waals surface area (Å²) in [4.78, 5) is 12.7. The first-order valence-corrected chi connectivity index (χ1v) is 11.3. The minimum absolute atomic E-state index is 0.0000408. The Hall–Kier alpha value is -2.09. The van der Waals surface area contributed by atoms with Gasteiger partial charge in [-0.25, -0.2) is 8.42 Å². The van der Waals surface area contributed by atoms with E-state index in [-0.39, 0.29) is 28.0 Å². The van der Waals surface area contributed by atoms with Crippen LogP contribution in [0, 0.1) is 11.8 Å². The molecule has 29 heavy (non-hydrogen) atoms. The Morgan fingerprint density at radius 1 is 1.14 bits per heavy atom. The Balaban J connectivity index is 1.93. The molecule has 1 amide bonds. The fraction of sp³-hybridized carbons (Fsp3) is 0.381. The summed E-state index contributed by atoms with van der Waals surface area (Å²) in [5, 5.41) is 3.23. The number of hydrogen-bond acceptors (Lipinski definition) is 4. The Bertz CT molecular complexity index is 999. The topological polar surface area (TPSA) is 75.7 Å². The fourth-order valence-corrected chi connectivity index (χ4v) is 5.78. The van der Waals surface area contributed by atoms with E-state index in [9.17, 15) is 13.2 Å². The second-order valence-electron chi connectivity index (χ2n) is 7.60. The van der Waals surface area contributed by atoms with Crippen LogP contribution in [0.4, 0.5) is 5.69 Å². The summed E-state index contributed by atoms with van der Waals surface area (Å²) >= 11 is 5.96. The molecule has 1 saturated heterocycles. The van der Waals surface area contributed by atoms with Gasteiger partial charge in [0.1, 0.15) is 10.6 Å². The highest BCUT2D eigenvalue weighted by Gasteiger charge is 2.34. The van der Waals surface area contributed by atoms with Crippen LogP contribution in [0.5, 0.6) is 5.75 Å². The third kappa shape index (κ3) is 4.91. The number of piperidine rings is 1. The van der Waals surface area contributed by atoms with Gasteiger partial charge >= 0.3 is 0 Å². The number of ether oxygens (including phenoxy) is 1. The van der Waals surface area contributed by atoms with Gasteiger partial charge in [0, 0.05) is 29.4 Å². The maximum absolute atomic E-state index is 13.3. The third-order valence-electron chi connectivity index (χ3n) is 4.96. The molecule has 2 atom stereocenters. The summed E-state index contributed by atoms with van der Waals surface area (Å²) in [6.07, 6.45) is 0.991. The maximum Gasteiger partial charge on any atom is 0.255 e. The zero-order valence-corrected chi connectivity index (χ0v) is 18.3. The number of nitrogens with zero attached hydrogens (tertiary/aromatic N) is 1. The standard InChI is InChI=1S/C21H25ClN2O4S/c1-14-9-15(2)13-24(12-14)29(26,27)20-10-16(7-8-19(20)28-3)21(25)23-18-6-4-5-17(22)11-18/h4-8,10-11,14-15H,9,12-13H2,1-3H3,(H,23,25). The average molecular weight is 437 g/mol. The smallest absolute Gasteiger partial charge is 0.255 e. The molecule has 1 N–H and O–H groups in total. The summed E-state index contributed by atoms with van der Waals surface area (Å²) in [6, 6.07) is 11.2. The highest BCUT2D eigenvalue weighted by molar-refractivity contribution is 7.89. The van der Waals surface area contributed by atoms with Gasteiger partial charge in [-0.3, -0.25) is 4.79 Å². The molecule has 156 valence electrons. The number of amides is 1. The van der Waals surface area contributed by atoms with Crippen LogP contribution >= 0.6 is 11.6 Å². The minimum Gasteiger partial charge on any atom is -0.495 e. The summed E-state index contributed by atoms with van der Waals surface area (Å²) in [5.74, 6) is 0.338. The maximum atomic E-state index is 13.3. The molecule has 6 nitrogen and oxygen atoms in total. The van der Waals surface area contributed by atoms with Crippen molar-refractivity contribution in [2.24, 2.45) is 11.8 Å². The zero-order chi connectivity index (χ0) is 21.2. The van der Waals surface area contributed by atoms with Crippen LogP contribution < -0.4 is 10.1 Å². The number of methoxy groups -OCH3 is 1. The molecule has 2 aromatic carbocycles. The lowest BCUT2D eigenvalue weighted by Crippen LogP contribution is -2.42. The number of rotatable bonds is 5. The molecule has 0 aromatic heterocycles. The van der Waals surface area contributed by atoms with Crippen molar-refractivity contribution in [2.45, 2.75) is 25.2 Å². The lowest BCUT2D eigenvalue weighted by Gasteiger charge is -2.34. The van der Waals surface area contributed by atoms with Gasteiger partial charge in [0.05, 0.1) is 7.11 Å². The molecule has 0 radical (unpaired) electrons. The van der Waals surface area contributed by atoms with E-state index in [2.05, 4.69) is 5.32 Å². The van der Waals surface area contributed by atoms with E-state index < -0.39 is 15.9 Å². The number of nitrogens with one attached hydrogen (secondary N) is 1. The molecule has 1 fully saturated rings. The quantitative estimate of drug-likeness (QED) is 0.759. The van der Waals surface area contributed by atoms with Crippen LogP contribution in [0.15, 0.2) is 47.4 Å². The third-order valence-corrected chi connectivity index (χ3v) is 7.05. The van der Waals surface area contributed by atoms with Crippen LogP contribution in [0.25, 0.3) is 0 Å². The predicted molar refractivity (Wildman–Crippen MR) is 114 cm³/mol. The Morgan fingerprint density at radius 2 is 1.83 bits per heavy atom. The van der Waals surface area contributed by atoms with Crippen LogP contribution in [0.3, 0.4) is 0 Å². The molecule has 3 rings (SSSR count). The lowest BCUT2D eigenvalue weighted by molar-refractivity contribution is 0.102. The molecule has 8 heteroatoms. The molecule has 0 saturated carbocycles. The first kappa shape index (κ1) is 21.6. The van der Waals surface area contributed by atoms with E-state index in [1.54, 1.807) is 30.3 Å². The Morgan fingerprint density at radius 3 is 2.45 bits per heavy atom. The number of carbonyl (C=O) groups excluding carboxylic acids is 1. The van der Waals surface area contributed by atoms with Gasteiger partial charge in [-0.05, 0) is 54.7 Å². The number of hydrogen-bond donors (Lipinski definition) is 1. The molecule has 0 bridgehead atoms. The van der Waals surface area contributed by atoms with Crippen molar-refractivity contribution in [2.75, 3.05) is 25.5 Å². The van der Waals surface area contributed by atoms with Gasteiger partial charge in [-0.1, -0.05) is 31.5 Å². The number of halogens is 1. The molecule has 1 aliphatic rings. The zero-order valence-electron chi connectivity index (χ0n) is 16.7. The molecule has 0 spiro atoms. The first-order valence-electron chi connectivity index (χ1n) is 9.46. The fourth-order valence-electron chi connectivity index (χ4n) is 3.73. The van der Waals surface area contributed by atoms with E-state index in [1.165, 1.54) is 23.5 Å². The van der Waals surface area contributed by atoms with E-state index in [4.69, 9.17) is 16.3 Å². The number of carbonyl (C=O) groups is 1. The van der Waals surface area contributed by atoms with Gasteiger partial charge in [0.25, 0.3) is 5.91 Å². The van der Waals surface area contributed by atoms with Crippen molar-refractivity contribution in [3.8, 4) is 5.75 Å². The SMILES string of the molecule is COc1ccc(C(=O)Nc2cccc(Cl)c2)cc1S(=O)(=O)N1CC(C)CC(C)C1. The average Bonchev–Trinajstić information content (AvgIpc) is 2.66. The van der Waals surface area contributed by atoms with Crippen molar-refractivity contribution in [3.05, 3.63) is 53.1 Å². The van der Waals surface area contributed by atoms with Gasteiger partial charge in [-0.15, -0.1) is 0 Å². The molecular weight excluding hydrogens is 412 g/mol.